The van der Waals surface area contributed by atoms with Crippen molar-refractivity contribution in [3.8, 4) is 0 Å². The fourth-order valence-electron chi connectivity index (χ4n) is 3.74. The van der Waals surface area contributed by atoms with Crippen molar-refractivity contribution >= 4 is 26.8 Å². The highest BCUT2D eigenvalue weighted by Crippen LogP contribution is 2.27. The van der Waals surface area contributed by atoms with Crippen LogP contribution < -0.4 is 10.3 Å². The largest absolute Gasteiger partial charge is 0.332 e. The molecule has 32 heavy (non-hydrogen) atoms. The van der Waals surface area contributed by atoms with Crippen molar-refractivity contribution < 1.29 is 13.2 Å². The lowest BCUT2D eigenvalue weighted by atomic mass is 10.1. The fourth-order valence-corrected chi connectivity index (χ4v) is 5.09. The molecule has 4 rings (SSSR count). The molecule has 2 aromatic heterocycles. The van der Waals surface area contributed by atoms with Gasteiger partial charge in [-0.3, -0.25) is 14.7 Å². The van der Waals surface area contributed by atoms with Crippen LogP contribution in [0, 0.1) is 13.8 Å². The predicted octanol–water partition coefficient (Wildman–Crippen LogP) is 2.36. The Morgan fingerprint density at radius 3 is 2.59 bits per heavy atom. The molecule has 1 aromatic carbocycles. The van der Waals surface area contributed by atoms with Crippen LogP contribution in [0.5, 0.6) is 0 Å². The number of fused-ring (bicyclic) bond motifs is 1. The van der Waals surface area contributed by atoms with Gasteiger partial charge < -0.3 is 9.88 Å². The monoisotopic (exact) mass is 457 g/mol. The molecule has 1 aliphatic carbocycles. The summed E-state index contributed by atoms with van der Waals surface area (Å²) in [5.74, 6) is -0.366. The van der Waals surface area contributed by atoms with E-state index in [1.165, 1.54) is 18.3 Å². The number of pyridine rings is 1. The normalized spacial score (nSPS) is 14.3. The van der Waals surface area contributed by atoms with E-state index in [0.29, 0.717) is 16.5 Å². The number of hydrogen-bond donors (Lipinski definition) is 3. The van der Waals surface area contributed by atoms with Crippen LogP contribution in [-0.2, 0) is 16.6 Å². The molecule has 0 radical (unpaired) electrons. The van der Waals surface area contributed by atoms with E-state index < -0.39 is 10.0 Å². The highest BCUT2D eigenvalue weighted by atomic mass is 32.2. The maximum absolute atomic E-state index is 13.7. The van der Waals surface area contributed by atoms with Gasteiger partial charge in [-0.25, -0.2) is 13.1 Å². The number of aromatic nitrogens is 3. The van der Waals surface area contributed by atoms with Crippen molar-refractivity contribution in [1.82, 2.24) is 24.8 Å². The number of carbonyl (C=O) groups is 1. The average Bonchev–Trinajstić information content (AvgIpc) is 3.36. The van der Waals surface area contributed by atoms with E-state index >= 15 is 0 Å². The smallest absolute Gasteiger partial charge is 0.255 e. The quantitative estimate of drug-likeness (QED) is 0.502. The van der Waals surface area contributed by atoms with Crippen molar-refractivity contribution in [2.75, 3.05) is 0 Å². The highest BCUT2D eigenvalue weighted by Gasteiger charge is 2.30. The van der Waals surface area contributed by atoms with Crippen LogP contribution in [0.1, 0.15) is 53.9 Å². The van der Waals surface area contributed by atoms with Crippen LogP contribution in [0.4, 0.5) is 0 Å². The fraction of sp³-hybridized carbons (Fsp3) is 0.409. The summed E-state index contributed by atoms with van der Waals surface area (Å²) in [5, 5.41) is 7.30. The Hall–Kier alpha value is -2.98. The third-order valence-corrected chi connectivity index (χ3v) is 7.18. The lowest BCUT2D eigenvalue weighted by Crippen LogP contribution is -2.38. The summed E-state index contributed by atoms with van der Waals surface area (Å²) in [7, 11) is -3.77. The Balaban J connectivity index is 1.77. The number of carbonyl (C=O) groups excluding carboxylic acids is 1. The van der Waals surface area contributed by atoms with E-state index in [1.54, 1.807) is 11.8 Å². The maximum Gasteiger partial charge on any atom is 0.255 e. The summed E-state index contributed by atoms with van der Waals surface area (Å²) in [4.78, 5) is 30.6. The first kappa shape index (κ1) is 22.2. The molecule has 0 spiro atoms. The number of benzene rings is 1. The second-order valence-electron chi connectivity index (χ2n) is 8.67. The van der Waals surface area contributed by atoms with Crippen LogP contribution in [0.15, 0.2) is 34.1 Å². The van der Waals surface area contributed by atoms with Crippen LogP contribution >= 0.6 is 0 Å². The lowest BCUT2D eigenvalue weighted by molar-refractivity contribution is 0.0691. The minimum atomic E-state index is -3.77. The summed E-state index contributed by atoms with van der Waals surface area (Å²) >= 11 is 0. The zero-order valence-electron chi connectivity index (χ0n) is 18.5. The number of sulfonamides is 1. The van der Waals surface area contributed by atoms with E-state index in [4.69, 9.17) is 0 Å². The molecule has 0 atom stereocenters. The molecule has 0 saturated heterocycles. The molecule has 1 amide bonds. The maximum atomic E-state index is 13.7. The Morgan fingerprint density at radius 1 is 1.25 bits per heavy atom. The minimum absolute atomic E-state index is 0.0116. The molecule has 3 aromatic rings. The molecular weight excluding hydrogens is 430 g/mol. The van der Waals surface area contributed by atoms with Gasteiger partial charge in [0, 0.05) is 28.7 Å². The molecular formula is C22H27N5O4S. The van der Waals surface area contributed by atoms with Gasteiger partial charge in [0.1, 0.15) is 0 Å². The second-order valence-corrected chi connectivity index (χ2v) is 10.4. The molecule has 3 N–H and O–H groups in total. The molecule has 0 unspecified atom stereocenters. The van der Waals surface area contributed by atoms with E-state index in [9.17, 15) is 18.0 Å². The zero-order valence-corrected chi connectivity index (χ0v) is 19.3. The van der Waals surface area contributed by atoms with Gasteiger partial charge in [0.2, 0.25) is 10.0 Å². The number of amides is 1. The van der Waals surface area contributed by atoms with Crippen LogP contribution in [0.2, 0.25) is 0 Å². The van der Waals surface area contributed by atoms with Crippen LogP contribution in [0.25, 0.3) is 10.9 Å². The Labute approximate surface area is 186 Å². The van der Waals surface area contributed by atoms with E-state index in [2.05, 4.69) is 19.9 Å². The SMILES string of the molecule is Cc1cc(C)c(CN(C(=O)c2cc(S(=O)(=O)NC3CC3)cc3[nH]ncc23)C(C)C)c(=O)[nH]1. The number of hydrogen-bond acceptors (Lipinski definition) is 5. The first-order chi connectivity index (χ1) is 15.1. The Bertz CT molecular complexity index is 1350. The number of aryl methyl sites for hydroxylation is 2. The summed E-state index contributed by atoms with van der Waals surface area (Å²) < 4.78 is 28.3. The van der Waals surface area contributed by atoms with Gasteiger partial charge in [0.15, 0.2) is 0 Å². The molecule has 10 heteroatoms. The third-order valence-electron chi connectivity index (χ3n) is 5.68. The molecule has 1 aliphatic rings. The van der Waals surface area contributed by atoms with Gasteiger partial charge in [-0.05, 0) is 64.3 Å². The molecule has 1 saturated carbocycles. The van der Waals surface area contributed by atoms with Gasteiger partial charge in [0.25, 0.3) is 11.5 Å². The topological polar surface area (TPSA) is 128 Å². The number of H-pyrrole nitrogens is 2. The van der Waals surface area contributed by atoms with Crippen molar-refractivity contribution in [2.45, 2.75) is 64.1 Å². The standard InChI is InChI=1S/C22H27N5O4S/c1-12(2)27(11-19-13(3)7-14(4)24-21(19)28)22(29)17-8-16(9-20-18(17)10-23-25-20)32(30,31)26-15-5-6-15/h7-10,12,15,26H,5-6,11H2,1-4H3,(H,23,25)(H,24,28). The average molecular weight is 458 g/mol. The van der Waals surface area contributed by atoms with E-state index in [-0.39, 0.29) is 40.6 Å². The second kappa shape index (κ2) is 8.18. The van der Waals surface area contributed by atoms with Crippen molar-refractivity contribution in [3.05, 3.63) is 57.1 Å². The van der Waals surface area contributed by atoms with Gasteiger partial charge in [0.05, 0.1) is 28.7 Å². The van der Waals surface area contributed by atoms with Crippen LogP contribution in [0.3, 0.4) is 0 Å². The van der Waals surface area contributed by atoms with Crippen molar-refractivity contribution in [3.63, 3.8) is 0 Å². The van der Waals surface area contributed by atoms with E-state index in [1.807, 2.05) is 26.8 Å². The van der Waals surface area contributed by atoms with E-state index in [0.717, 1.165) is 24.1 Å². The van der Waals surface area contributed by atoms with Crippen molar-refractivity contribution in [2.24, 2.45) is 0 Å². The molecule has 2 heterocycles. The van der Waals surface area contributed by atoms with Gasteiger partial charge in [-0.15, -0.1) is 0 Å². The minimum Gasteiger partial charge on any atom is -0.332 e. The number of nitrogens with zero attached hydrogens (tertiary/aromatic N) is 2. The predicted molar refractivity (Wildman–Crippen MR) is 121 cm³/mol. The highest BCUT2D eigenvalue weighted by molar-refractivity contribution is 7.89. The first-order valence-corrected chi connectivity index (χ1v) is 12.0. The molecule has 9 nitrogen and oxygen atoms in total. The summed E-state index contributed by atoms with van der Waals surface area (Å²) in [5.41, 5.74) is 2.49. The van der Waals surface area contributed by atoms with Gasteiger partial charge >= 0.3 is 0 Å². The summed E-state index contributed by atoms with van der Waals surface area (Å²) in [6.07, 6.45) is 3.13. The molecule has 1 fully saturated rings. The number of nitrogens with one attached hydrogen (secondary N) is 3. The van der Waals surface area contributed by atoms with Gasteiger partial charge in [-0.2, -0.15) is 5.10 Å². The number of rotatable bonds is 7. The molecule has 170 valence electrons. The Morgan fingerprint density at radius 2 is 1.97 bits per heavy atom. The molecule has 0 bridgehead atoms. The van der Waals surface area contributed by atoms with Crippen molar-refractivity contribution in [1.29, 1.82) is 0 Å². The lowest BCUT2D eigenvalue weighted by Gasteiger charge is -2.28. The van der Waals surface area contributed by atoms with Crippen LogP contribution in [-0.4, -0.2) is 46.5 Å². The third kappa shape index (κ3) is 4.33. The number of aromatic amines is 2. The Kier molecular flexibility index (Phi) is 5.68. The first-order valence-electron chi connectivity index (χ1n) is 10.6. The zero-order chi connectivity index (χ0) is 23.2. The van der Waals surface area contributed by atoms with Gasteiger partial charge in [-0.1, -0.05) is 0 Å². The summed E-state index contributed by atoms with van der Waals surface area (Å²) in [6, 6.07) is 4.46. The summed E-state index contributed by atoms with van der Waals surface area (Å²) in [6.45, 7) is 7.47. The molecule has 0 aliphatic heterocycles.